The van der Waals surface area contributed by atoms with Crippen LogP contribution in [0.4, 0.5) is 0 Å². The van der Waals surface area contributed by atoms with E-state index in [1.54, 1.807) is 7.11 Å². The van der Waals surface area contributed by atoms with Crippen molar-refractivity contribution in [3.05, 3.63) is 66.0 Å². The molecule has 25 heavy (non-hydrogen) atoms. The smallest absolute Gasteiger partial charge is 0.257 e. The molecule has 1 atom stereocenters. The maximum Gasteiger partial charge on any atom is 0.257 e. The molecule has 128 valence electrons. The predicted molar refractivity (Wildman–Crippen MR) is 93.0 cm³/mol. The Labute approximate surface area is 145 Å². The topological polar surface area (TPSA) is 77.2 Å². The maximum atomic E-state index is 12.3. The van der Waals surface area contributed by atoms with Crippen molar-refractivity contribution in [3.8, 4) is 17.2 Å². The molecule has 6 heteroatoms. The number of carbonyl (C=O) groups excluding carboxylic acids is 1. The second-order valence-electron chi connectivity index (χ2n) is 5.59. The molecule has 0 saturated heterocycles. The highest BCUT2D eigenvalue weighted by Crippen LogP contribution is 2.20. The minimum absolute atomic E-state index is 0.0815. The van der Waals surface area contributed by atoms with Crippen molar-refractivity contribution in [2.24, 2.45) is 0 Å². The molecule has 0 saturated carbocycles. The van der Waals surface area contributed by atoms with Crippen LogP contribution in [0.15, 0.2) is 59.1 Å². The predicted octanol–water partition coefficient (Wildman–Crippen LogP) is 3.17. The number of hydrogen-bond donors (Lipinski definition) is 1. The highest BCUT2D eigenvalue weighted by atomic mass is 16.5. The van der Waals surface area contributed by atoms with Gasteiger partial charge in [-0.05, 0) is 36.8 Å². The van der Waals surface area contributed by atoms with Crippen molar-refractivity contribution >= 4 is 5.91 Å². The maximum absolute atomic E-state index is 12.3. The van der Waals surface area contributed by atoms with E-state index in [1.165, 1.54) is 0 Å². The number of nitrogens with one attached hydrogen (secondary N) is 1. The second kappa shape index (κ2) is 7.61. The number of benzene rings is 2. The van der Waals surface area contributed by atoms with Gasteiger partial charge in [-0.3, -0.25) is 4.79 Å². The summed E-state index contributed by atoms with van der Waals surface area (Å²) in [6.45, 7) is 2.08. The lowest BCUT2D eigenvalue weighted by Gasteiger charge is -2.11. The van der Waals surface area contributed by atoms with Gasteiger partial charge in [0.25, 0.3) is 5.89 Å². The molecule has 1 heterocycles. The number of aromatic nitrogens is 2. The van der Waals surface area contributed by atoms with Crippen LogP contribution in [0.3, 0.4) is 0 Å². The van der Waals surface area contributed by atoms with Gasteiger partial charge in [0.1, 0.15) is 5.75 Å². The van der Waals surface area contributed by atoms with Gasteiger partial charge in [-0.25, -0.2) is 0 Å². The number of nitrogens with zero attached hydrogens (tertiary/aromatic N) is 2. The Morgan fingerprint density at radius 1 is 1.16 bits per heavy atom. The first kappa shape index (κ1) is 16.7. The van der Waals surface area contributed by atoms with Crippen molar-refractivity contribution < 1.29 is 14.1 Å². The monoisotopic (exact) mass is 337 g/mol. The largest absolute Gasteiger partial charge is 0.497 e. The van der Waals surface area contributed by atoms with Gasteiger partial charge in [0.2, 0.25) is 5.91 Å². The summed E-state index contributed by atoms with van der Waals surface area (Å²) in [5.74, 6) is 1.27. The van der Waals surface area contributed by atoms with E-state index in [2.05, 4.69) is 15.5 Å². The van der Waals surface area contributed by atoms with Gasteiger partial charge in [-0.1, -0.05) is 35.5 Å². The van der Waals surface area contributed by atoms with Crippen molar-refractivity contribution in [3.63, 3.8) is 0 Å². The minimum Gasteiger partial charge on any atom is -0.497 e. The van der Waals surface area contributed by atoms with Crippen LogP contribution >= 0.6 is 0 Å². The summed E-state index contributed by atoms with van der Waals surface area (Å²) >= 11 is 0. The molecule has 3 aromatic rings. The first-order valence-electron chi connectivity index (χ1n) is 7.97. The molecule has 0 spiro atoms. The molecule has 0 radical (unpaired) electrons. The third-order valence-electron chi connectivity index (χ3n) is 3.92. The van der Waals surface area contributed by atoms with Crippen molar-refractivity contribution in [2.75, 3.05) is 7.11 Å². The molecular weight excluding hydrogens is 318 g/mol. The lowest BCUT2D eigenvalue weighted by molar-refractivity contribution is -0.122. The fourth-order valence-electron chi connectivity index (χ4n) is 2.39. The Bertz CT molecular complexity index is 829. The summed E-state index contributed by atoms with van der Waals surface area (Å²) in [6.07, 6.45) is 0. The average molecular weight is 337 g/mol. The summed E-state index contributed by atoms with van der Waals surface area (Å²) in [5, 5.41) is 6.74. The van der Waals surface area contributed by atoms with Crippen molar-refractivity contribution in [1.82, 2.24) is 15.5 Å². The lowest BCUT2D eigenvalue weighted by Crippen LogP contribution is -2.27. The van der Waals surface area contributed by atoms with Crippen molar-refractivity contribution in [2.45, 2.75) is 19.4 Å². The number of rotatable bonds is 6. The Morgan fingerprint density at radius 2 is 1.88 bits per heavy atom. The zero-order chi connectivity index (χ0) is 17.6. The molecule has 0 unspecified atom stereocenters. The third-order valence-corrected chi connectivity index (χ3v) is 3.92. The Hall–Kier alpha value is -3.15. The molecule has 3 rings (SSSR count). The van der Waals surface area contributed by atoms with Gasteiger partial charge in [-0.2, -0.15) is 4.98 Å². The van der Waals surface area contributed by atoms with Crippen LogP contribution in [-0.4, -0.2) is 23.2 Å². The third kappa shape index (κ3) is 4.03. The molecule has 0 aliphatic carbocycles. The van der Waals surface area contributed by atoms with Crippen molar-refractivity contribution in [1.29, 1.82) is 0 Å². The van der Waals surface area contributed by atoms with E-state index in [1.807, 2.05) is 61.5 Å². The van der Waals surface area contributed by atoms with E-state index < -0.39 is 0 Å². The molecular formula is C19H19N3O3. The summed E-state index contributed by atoms with van der Waals surface area (Å²) < 4.78 is 10.4. The number of ether oxygens (including phenoxy) is 1. The summed E-state index contributed by atoms with van der Waals surface area (Å²) in [6, 6.07) is 16.9. The first-order valence-corrected chi connectivity index (χ1v) is 7.97. The normalized spacial score (nSPS) is 11.8. The average Bonchev–Trinajstić information content (AvgIpc) is 3.15. The molecule has 0 fully saturated rings. The zero-order valence-electron chi connectivity index (χ0n) is 14.1. The van der Waals surface area contributed by atoms with Gasteiger partial charge in [-0.15, -0.1) is 0 Å². The van der Waals surface area contributed by atoms with Crippen LogP contribution in [0.25, 0.3) is 11.5 Å². The fourth-order valence-corrected chi connectivity index (χ4v) is 2.39. The van der Waals surface area contributed by atoms with Gasteiger partial charge in [0.05, 0.1) is 19.6 Å². The lowest BCUT2D eigenvalue weighted by atomic mass is 10.0. The Morgan fingerprint density at radius 3 is 2.56 bits per heavy atom. The highest BCUT2D eigenvalue weighted by molar-refractivity contribution is 5.83. The van der Waals surface area contributed by atoms with Crippen LogP contribution in [0.5, 0.6) is 5.75 Å². The Balaban J connectivity index is 1.60. The van der Waals surface area contributed by atoms with E-state index >= 15 is 0 Å². The SMILES string of the molecule is COc1ccc(-c2nc(CNC(=O)[C@@H](C)c3ccccc3)no2)cc1. The highest BCUT2D eigenvalue weighted by Gasteiger charge is 2.16. The van der Waals surface area contributed by atoms with E-state index in [4.69, 9.17) is 9.26 Å². The van der Waals surface area contributed by atoms with Gasteiger partial charge in [0.15, 0.2) is 5.82 Å². The molecule has 2 aromatic carbocycles. The first-order chi connectivity index (χ1) is 12.2. The second-order valence-corrected chi connectivity index (χ2v) is 5.59. The summed E-state index contributed by atoms with van der Waals surface area (Å²) in [4.78, 5) is 16.6. The van der Waals surface area contributed by atoms with Crippen LogP contribution in [0.2, 0.25) is 0 Å². The molecule has 0 aliphatic heterocycles. The molecule has 0 aliphatic rings. The molecule has 1 N–H and O–H groups in total. The molecule has 6 nitrogen and oxygen atoms in total. The Kier molecular flexibility index (Phi) is 5.09. The standard InChI is InChI=1S/C19H19N3O3/c1-13(14-6-4-3-5-7-14)18(23)20-12-17-21-19(25-22-17)15-8-10-16(24-2)11-9-15/h3-11,13H,12H2,1-2H3,(H,20,23)/t13-/m0/s1. The number of amides is 1. The van der Waals surface area contributed by atoms with E-state index in [9.17, 15) is 4.79 Å². The molecule has 1 aromatic heterocycles. The molecule has 1 amide bonds. The molecule has 0 bridgehead atoms. The number of hydrogen-bond acceptors (Lipinski definition) is 5. The van der Waals surface area contributed by atoms with Gasteiger partial charge < -0.3 is 14.6 Å². The van der Waals surface area contributed by atoms with Gasteiger partial charge >= 0.3 is 0 Å². The van der Waals surface area contributed by atoms with Crippen LogP contribution in [0.1, 0.15) is 24.2 Å². The quantitative estimate of drug-likeness (QED) is 0.747. The van der Waals surface area contributed by atoms with Crippen LogP contribution in [-0.2, 0) is 11.3 Å². The summed E-state index contributed by atoms with van der Waals surface area (Å²) in [7, 11) is 1.61. The van der Waals surface area contributed by atoms with Crippen LogP contribution in [0, 0.1) is 0 Å². The van der Waals surface area contributed by atoms with Crippen LogP contribution < -0.4 is 10.1 Å². The van der Waals surface area contributed by atoms with E-state index in [-0.39, 0.29) is 18.4 Å². The fraction of sp³-hybridized carbons (Fsp3) is 0.211. The minimum atomic E-state index is -0.242. The van der Waals surface area contributed by atoms with Gasteiger partial charge in [0, 0.05) is 5.56 Å². The van der Waals surface area contributed by atoms with E-state index in [0.717, 1.165) is 16.9 Å². The zero-order valence-corrected chi connectivity index (χ0v) is 14.1. The van der Waals surface area contributed by atoms with E-state index in [0.29, 0.717) is 11.7 Å². The number of carbonyl (C=O) groups is 1. The summed E-state index contributed by atoms with van der Waals surface area (Å²) in [5.41, 5.74) is 1.76. The number of methoxy groups -OCH3 is 1.